The van der Waals surface area contributed by atoms with Crippen molar-refractivity contribution in [3.05, 3.63) is 50.2 Å². The molecule has 24 heavy (non-hydrogen) atoms. The van der Waals surface area contributed by atoms with E-state index in [4.69, 9.17) is 9.47 Å². The Morgan fingerprint density at radius 3 is 2.46 bits per heavy atom. The molecule has 9 nitrogen and oxygen atoms in total. The van der Waals surface area contributed by atoms with Crippen molar-refractivity contribution in [3.63, 3.8) is 0 Å². The number of rotatable bonds is 3. The van der Waals surface area contributed by atoms with E-state index in [-0.39, 0.29) is 11.4 Å². The second kappa shape index (κ2) is 5.76. The predicted molar refractivity (Wildman–Crippen MR) is 85.8 cm³/mol. The fourth-order valence-corrected chi connectivity index (χ4v) is 2.69. The zero-order valence-electron chi connectivity index (χ0n) is 13.3. The zero-order valence-corrected chi connectivity index (χ0v) is 13.3. The Balaban J connectivity index is 2.21. The number of aromatic amines is 1. The highest BCUT2D eigenvalue weighted by atomic mass is 16.5. The van der Waals surface area contributed by atoms with E-state index in [1.807, 2.05) is 0 Å². The molecule has 0 saturated carbocycles. The van der Waals surface area contributed by atoms with Gasteiger partial charge in [-0.1, -0.05) is 6.07 Å². The summed E-state index contributed by atoms with van der Waals surface area (Å²) >= 11 is 0. The molecule has 1 aliphatic heterocycles. The first-order valence-corrected chi connectivity index (χ1v) is 7.09. The molecule has 2 aromatic rings. The summed E-state index contributed by atoms with van der Waals surface area (Å²) in [5.41, 5.74) is -0.316. The number of nitrogens with one attached hydrogen (secondary N) is 3. The number of fused-ring (bicyclic) bond motifs is 1. The highest BCUT2D eigenvalue weighted by Crippen LogP contribution is 2.34. The molecule has 0 spiro atoms. The SMILES string of the molecule is COc1ccc([C@H]2NC(=O)Nc3c2c(=O)[nH]c(=O)n3C)cc1OC. The topological polar surface area (TPSA) is 114 Å². The Bertz CT molecular complexity index is 930. The second-order valence-electron chi connectivity index (χ2n) is 5.23. The summed E-state index contributed by atoms with van der Waals surface area (Å²) in [5, 5.41) is 5.18. The lowest BCUT2D eigenvalue weighted by Gasteiger charge is -2.28. The lowest BCUT2D eigenvalue weighted by atomic mass is 9.98. The number of H-pyrrole nitrogens is 1. The first kappa shape index (κ1) is 15.7. The summed E-state index contributed by atoms with van der Waals surface area (Å²) < 4.78 is 11.6. The van der Waals surface area contributed by atoms with Gasteiger partial charge >= 0.3 is 11.7 Å². The molecule has 3 N–H and O–H groups in total. The number of nitrogens with zero attached hydrogens (tertiary/aromatic N) is 1. The second-order valence-corrected chi connectivity index (χ2v) is 5.23. The van der Waals surface area contributed by atoms with Gasteiger partial charge in [-0.15, -0.1) is 0 Å². The summed E-state index contributed by atoms with van der Waals surface area (Å²) in [6.45, 7) is 0. The number of hydrogen-bond acceptors (Lipinski definition) is 5. The van der Waals surface area contributed by atoms with Crippen LogP contribution in [0.15, 0.2) is 27.8 Å². The molecule has 0 saturated heterocycles. The molecule has 0 unspecified atom stereocenters. The van der Waals surface area contributed by atoms with E-state index in [9.17, 15) is 14.4 Å². The molecule has 1 aromatic heterocycles. The van der Waals surface area contributed by atoms with Gasteiger partial charge in [-0.25, -0.2) is 9.59 Å². The van der Waals surface area contributed by atoms with E-state index in [0.717, 1.165) is 0 Å². The number of benzene rings is 1. The van der Waals surface area contributed by atoms with Crippen LogP contribution in [0.2, 0.25) is 0 Å². The fraction of sp³-hybridized carbons (Fsp3) is 0.267. The molecule has 0 bridgehead atoms. The number of anilines is 1. The van der Waals surface area contributed by atoms with Crippen LogP contribution in [0.3, 0.4) is 0 Å². The third-order valence-corrected chi connectivity index (χ3v) is 3.90. The molecule has 0 fully saturated rings. The summed E-state index contributed by atoms with van der Waals surface area (Å²) in [4.78, 5) is 38.2. The van der Waals surface area contributed by atoms with Crippen LogP contribution in [-0.2, 0) is 7.05 Å². The van der Waals surface area contributed by atoms with Crippen molar-refractivity contribution in [1.29, 1.82) is 0 Å². The molecule has 0 aliphatic carbocycles. The summed E-state index contributed by atoms with van der Waals surface area (Å²) in [7, 11) is 4.47. The number of methoxy groups -OCH3 is 2. The molecule has 1 atom stereocenters. The Labute approximate surface area is 136 Å². The minimum atomic E-state index is -0.732. The van der Waals surface area contributed by atoms with E-state index in [1.165, 1.54) is 25.8 Å². The third-order valence-electron chi connectivity index (χ3n) is 3.90. The average molecular weight is 332 g/mol. The zero-order chi connectivity index (χ0) is 17.4. The summed E-state index contributed by atoms with van der Waals surface area (Å²) in [6.07, 6.45) is 0. The molecular formula is C15H16N4O5. The van der Waals surface area contributed by atoms with E-state index in [0.29, 0.717) is 17.1 Å². The molecular weight excluding hydrogens is 316 g/mol. The van der Waals surface area contributed by atoms with Crippen molar-refractivity contribution < 1.29 is 14.3 Å². The molecule has 9 heteroatoms. The Morgan fingerprint density at radius 1 is 1.08 bits per heavy atom. The lowest BCUT2D eigenvalue weighted by molar-refractivity contribution is 0.248. The van der Waals surface area contributed by atoms with Crippen molar-refractivity contribution in [3.8, 4) is 11.5 Å². The molecule has 126 valence electrons. The van der Waals surface area contributed by atoms with E-state index < -0.39 is 23.3 Å². The van der Waals surface area contributed by atoms with Crippen LogP contribution in [0.5, 0.6) is 11.5 Å². The van der Waals surface area contributed by atoms with Crippen LogP contribution in [0, 0.1) is 0 Å². The Morgan fingerprint density at radius 2 is 1.79 bits per heavy atom. The van der Waals surface area contributed by atoms with Gasteiger partial charge in [0.1, 0.15) is 5.82 Å². The fourth-order valence-electron chi connectivity index (χ4n) is 2.69. The monoisotopic (exact) mass is 332 g/mol. The van der Waals surface area contributed by atoms with Gasteiger partial charge in [-0.05, 0) is 17.7 Å². The van der Waals surface area contributed by atoms with Crippen LogP contribution in [0.1, 0.15) is 17.2 Å². The predicted octanol–water partition coefficient (Wildman–Crippen LogP) is 0.315. The molecule has 0 radical (unpaired) electrons. The first-order valence-electron chi connectivity index (χ1n) is 7.09. The standard InChI is InChI=1S/C15H16N4O5/c1-19-12-10(13(20)18-15(19)22)11(16-14(21)17-12)7-4-5-8(23-2)9(6-7)24-3/h4-6,11H,1-3H3,(H2,16,17,21)(H,18,20,22)/t11-/m1/s1. The normalized spacial score (nSPS) is 16.0. The van der Waals surface area contributed by atoms with Gasteiger partial charge in [-0.2, -0.15) is 0 Å². The van der Waals surface area contributed by atoms with Crippen LogP contribution >= 0.6 is 0 Å². The number of amides is 2. The minimum Gasteiger partial charge on any atom is -0.493 e. The van der Waals surface area contributed by atoms with Crippen molar-refractivity contribution in [2.24, 2.45) is 7.05 Å². The van der Waals surface area contributed by atoms with Gasteiger partial charge in [0.25, 0.3) is 5.56 Å². The minimum absolute atomic E-state index is 0.160. The maximum absolute atomic E-state index is 12.3. The highest BCUT2D eigenvalue weighted by molar-refractivity contribution is 5.92. The number of aromatic nitrogens is 2. The van der Waals surface area contributed by atoms with Crippen LogP contribution in [0.25, 0.3) is 0 Å². The van der Waals surface area contributed by atoms with Gasteiger partial charge < -0.3 is 14.8 Å². The molecule has 1 aromatic carbocycles. The van der Waals surface area contributed by atoms with Crippen molar-refractivity contribution in [2.75, 3.05) is 19.5 Å². The van der Waals surface area contributed by atoms with Gasteiger partial charge in [0.05, 0.1) is 25.8 Å². The Kier molecular flexibility index (Phi) is 3.76. The largest absolute Gasteiger partial charge is 0.493 e. The summed E-state index contributed by atoms with van der Waals surface area (Å²) in [5.74, 6) is 1.15. The number of carbonyl (C=O) groups excluding carboxylic acids is 1. The summed E-state index contributed by atoms with van der Waals surface area (Å²) in [6, 6.07) is 3.82. The highest BCUT2D eigenvalue weighted by Gasteiger charge is 2.31. The number of carbonyl (C=O) groups is 1. The van der Waals surface area contributed by atoms with Gasteiger partial charge in [-0.3, -0.25) is 19.7 Å². The quantitative estimate of drug-likeness (QED) is 0.749. The van der Waals surface area contributed by atoms with Crippen molar-refractivity contribution >= 4 is 11.8 Å². The van der Waals surface area contributed by atoms with Crippen LogP contribution < -0.4 is 31.4 Å². The van der Waals surface area contributed by atoms with Crippen molar-refractivity contribution in [1.82, 2.24) is 14.9 Å². The Hall–Kier alpha value is -3.23. The molecule has 2 amide bonds. The number of ether oxygens (including phenoxy) is 2. The number of hydrogen-bond donors (Lipinski definition) is 3. The van der Waals surface area contributed by atoms with Crippen molar-refractivity contribution in [2.45, 2.75) is 6.04 Å². The third kappa shape index (κ3) is 2.39. The smallest absolute Gasteiger partial charge is 0.329 e. The van der Waals surface area contributed by atoms with E-state index in [1.54, 1.807) is 18.2 Å². The molecule has 1 aliphatic rings. The van der Waals surface area contributed by atoms with E-state index in [2.05, 4.69) is 15.6 Å². The maximum Gasteiger partial charge on any atom is 0.329 e. The van der Waals surface area contributed by atoms with Gasteiger partial charge in [0.15, 0.2) is 11.5 Å². The lowest BCUT2D eigenvalue weighted by Crippen LogP contribution is -2.46. The van der Waals surface area contributed by atoms with E-state index >= 15 is 0 Å². The van der Waals surface area contributed by atoms with Gasteiger partial charge in [0, 0.05) is 7.05 Å². The van der Waals surface area contributed by atoms with Gasteiger partial charge in [0.2, 0.25) is 0 Å². The average Bonchev–Trinajstić information content (AvgIpc) is 2.58. The molecule has 3 rings (SSSR count). The first-order chi connectivity index (χ1) is 11.5. The molecule has 2 heterocycles. The maximum atomic E-state index is 12.3. The number of urea groups is 1. The van der Waals surface area contributed by atoms with Crippen LogP contribution in [-0.4, -0.2) is 29.8 Å². The van der Waals surface area contributed by atoms with Crippen LogP contribution in [0.4, 0.5) is 10.6 Å².